The number of fused-ring (bicyclic) bond motifs is 3. The quantitative estimate of drug-likeness (QED) is 0.639. The van der Waals surface area contributed by atoms with Crippen LogP contribution in [0.15, 0.2) is 0 Å². The number of carbonyl (C=O) groups is 3. The first-order valence-electron chi connectivity index (χ1n) is 11.5. The molecule has 4 rings (SSSR count). The number of carbonyl (C=O) groups excluding carboxylic acids is 3. The molecule has 0 aromatic heterocycles. The summed E-state index contributed by atoms with van der Waals surface area (Å²) >= 11 is 0. The van der Waals surface area contributed by atoms with Gasteiger partial charge in [0.15, 0.2) is 0 Å². The van der Waals surface area contributed by atoms with E-state index in [9.17, 15) is 24.6 Å². The smallest absolute Gasteiger partial charge is 0.302 e. The van der Waals surface area contributed by atoms with Crippen molar-refractivity contribution >= 4 is 17.7 Å². The van der Waals surface area contributed by atoms with Crippen LogP contribution < -0.4 is 0 Å². The fourth-order valence-corrected chi connectivity index (χ4v) is 8.41. The number of aliphatic hydroxyl groups is 2. The van der Waals surface area contributed by atoms with Gasteiger partial charge >= 0.3 is 11.9 Å². The van der Waals surface area contributed by atoms with Crippen LogP contribution in [0.1, 0.15) is 67.2 Å². The van der Waals surface area contributed by atoms with Crippen LogP contribution in [0.25, 0.3) is 0 Å². The number of aliphatic hydroxyl groups excluding tert-OH is 2. The molecule has 4 saturated carbocycles. The Morgan fingerprint density at radius 1 is 1.03 bits per heavy atom. The lowest BCUT2D eigenvalue weighted by atomic mass is 9.38. The molecule has 0 aromatic carbocycles. The first-order valence-corrected chi connectivity index (χ1v) is 11.5. The Hall–Kier alpha value is -1.47. The van der Waals surface area contributed by atoms with Crippen molar-refractivity contribution in [3.8, 4) is 0 Å². The normalized spacial score (nSPS) is 50.3. The summed E-state index contributed by atoms with van der Waals surface area (Å²) in [5.74, 6) is -2.51. The standard InChI is InChI=1S/C24H36O7/c1-11-14-9-15(30-12(2)25)19-23(6)16(10-17(27)24(19,20(11)28)21(14)29)22(4,5)8-7-18(23)31-13(3)26/h11,14-19,21,27,29H,7-10H2,1-6H3/t11-,14-,15+,16-,17-,18-,19-,21+,23+,24-/m1/s1. The van der Waals surface area contributed by atoms with E-state index < -0.39 is 59.0 Å². The summed E-state index contributed by atoms with van der Waals surface area (Å²) in [6.07, 6.45) is -1.03. The summed E-state index contributed by atoms with van der Waals surface area (Å²) in [7, 11) is 0. The molecular formula is C24H36O7. The van der Waals surface area contributed by atoms with E-state index >= 15 is 0 Å². The SMILES string of the molecule is CC(=O)O[C@H]1C[C@@H]2[C@@H](C)C(=O)[C@]3([C@H](O)C[C@@H]4C(C)(C)CC[C@@H](OC(C)=O)[C@@]4(C)[C@@H]13)[C@H]2O. The third kappa shape index (κ3) is 2.81. The topological polar surface area (TPSA) is 110 Å². The fourth-order valence-electron chi connectivity index (χ4n) is 8.41. The number of esters is 2. The summed E-state index contributed by atoms with van der Waals surface area (Å²) in [6.45, 7) is 10.8. The van der Waals surface area contributed by atoms with E-state index in [1.165, 1.54) is 13.8 Å². The molecule has 1 spiro atoms. The number of ketones is 1. The zero-order chi connectivity index (χ0) is 23.1. The molecule has 0 amide bonds. The second-order valence-electron chi connectivity index (χ2n) is 11.4. The first kappa shape index (κ1) is 22.7. The Balaban J connectivity index is 1.96. The van der Waals surface area contributed by atoms with Crippen LogP contribution in [0, 0.1) is 39.9 Å². The van der Waals surface area contributed by atoms with Gasteiger partial charge < -0.3 is 19.7 Å². The van der Waals surface area contributed by atoms with Gasteiger partial charge in [-0.2, -0.15) is 0 Å². The van der Waals surface area contributed by atoms with Gasteiger partial charge in [0.05, 0.1) is 17.6 Å². The largest absolute Gasteiger partial charge is 0.462 e. The second-order valence-corrected chi connectivity index (χ2v) is 11.4. The molecular weight excluding hydrogens is 400 g/mol. The third-order valence-corrected chi connectivity index (χ3v) is 9.51. The molecule has 174 valence electrons. The lowest BCUT2D eigenvalue weighted by Gasteiger charge is -2.67. The van der Waals surface area contributed by atoms with E-state index in [0.717, 1.165) is 6.42 Å². The van der Waals surface area contributed by atoms with Crippen LogP contribution in [-0.4, -0.2) is 52.4 Å². The molecule has 0 unspecified atom stereocenters. The minimum Gasteiger partial charge on any atom is -0.462 e. The van der Waals surface area contributed by atoms with Gasteiger partial charge in [0.1, 0.15) is 18.0 Å². The van der Waals surface area contributed by atoms with E-state index in [0.29, 0.717) is 19.3 Å². The maximum atomic E-state index is 13.7. The van der Waals surface area contributed by atoms with Crippen molar-refractivity contribution in [2.75, 3.05) is 0 Å². The first-order chi connectivity index (χ1) is 14.3. The molecule has 10 atom stereocenters. The van der Waals surface area contributed by atoms with Gasteiger partial charge in [-0.25, -0.2) is 0 Å². The average Bonchev–Trinajstić information content (AvgIpc) is 2.76. The van der Waals surface area contributed by atoms with Gasteiger partial charge in [-0.05, 0) is 42.9 Å². The van der Waals surface area contributed by atoms with Crippen molar-refractivity contribution in [1.82, 2.24) is 0 Å². The highest BCUT2D eigenvalue weighted by molar-refractivity contribution is 5.92. The highest BCUT2D eigenvalue weighted by Crippen LogP contribution is 2.71. The van der Waals surface area contributed by atoms with E-state index in [1.807, 2.05) is 6.92 Å². The lowest BCUT2D eigenvalue weighted by Crippen LogP contribution is -2.73. The maximum absolute atomic E-state index is 13.7. The Bertz CT molecular complexity index is 806. The number of hydrogen-bond donors (Lipinski definition) is 2. The van der Waals surface area contributed by atoms with E-state index in [-0.39, 0.29) is 23.0 Å². The molecule has 4 fully saturated rings. The molecule has 7 heteroatoms. The van der Waals surface area contributed by atoms with Crippen molar-refractivity contribution in [2.45, 2.75) is 91.6 Å². The zero-order valence-corrected chi connectivity index (χ0v) is 19.4. The molecule has 0 aromatic rings. The molecule has 0 saturated heterocycles. The Morgan fingerprint density at radius 2 is 1.65 bits per heavy atom. The van der Waals surface area contributed by atoms with Crippen molar-refractivity contribution in [3.05, 3.63) is 0 Å². The van der Waals surface area contributed by atoms with Crippen LogP contribution in [0.4, 0.5) is 0 Å². The highest BCUT2D eigenvalue weighted by atomic mass is 16.6. The molecule has 4 aliphatic rings. The molecule has 7 nitrogen and oxygen atoms in total. The van der Waals surface area contributed by atoms with Gasteiger partial charge in [-0.15, -0.1) is 0 Å². The van der Waals surface area contributed by atoms with Crippen LogP contribution in [-0.2, 0) is 23.9 Å². The summed E-state index contributed by atoms with van der Waals surface area (Å²) in [4.78, 5) is 37.9. The number of rotatable bonds is 2. The predicted molar refractivity (Wildman–Crippen MR) is 111 cm³/mol. The van der Waals surface area contributed by atoms with Gasteiger partial charge in [0, 0.05) is 31.1 Å². The minimum atomic E-state index is -1.42. The van der Waals surface area contributed by atoms with Gasteiger partial charge in [-0.3, -0.25) is 14.4 Å². The number of hydrogen-bond acceptors (Lipinski definition) is 7. The second kappa shape index (κ2) is 7.01. The third-order valence-electron chi connectivity index (χ3n) is 9.51. The molecule has 31 heavy (non-hydrogen) atoms. The van der Waals surface area contributed by atoms with Crippen LogP contribution in [0.5, 0.6) is 0 Å². The zero-order valence-electron chi connectivity index (χ0n) is 19.4. The Morgan fingerprint density at radius 3 is 2.23 bits per heavy atom. The Labute approximate surface area is 183 Å². The molecule has 0 heterocycles. The summed E-state index contributed by atoms with van der Waals surface area (Å²) in [6, 6.07) is 0. The molecule has 0 radical (unpaired) electrons. The fraction of sp³-hybridized carbons (Fsp3) is 0.875. The van der Waals surface area contributed by atoms with Crippen LogP contribution >= 0.6 is 0 Å². The van der Waals surface area contributed by atoms with Crippen LogP contribution in [0.2, 0.25) is 0 Å². The van der Waals surface area contributed by atoms with E-state index in [2.05, 4.69) is 13.8 Å². The molecule has 0 aliphatic heterocycles. The minimum absolute atomic E-state index is 0.0748. The van der Waals surface area contributed by atoms with Crippen molar-refractivity contribution < 1.29 is 34.1 Å². The molecule has 2 bridgehead atoms. The van der Waals surface area contributed by atoms with E-state index in [4.69, 9.17) is 9.47 Å². The monoisotopic (exact) mass is 436 g/mol. The van der Waals surface area contributed by atoms with Gasteiger partial charge in [0.2, 0.25) is 0 Å². The lowest BCUT2D eigenvalue weighted by molar-refractivity contribution is -0.279. The van der Waals surface area contributed by atoms with Crippen molar-refractivity contribution in [1.29, 1.82) is 0 Å². The number of ether oxygens (including phenoxy) is 2. The van der Waals surface area contributed by atoms with Gasteiger partial charge in [0.25, 0.3) is 0 Å². The van der Waals surface area contributed by atoms with Crippen molar-refractivity contribution in [2.24, 2.45) is 39.9 Å². The van der Waals surface area contributed by atoms with Crippen LogP contribution in [0.3, 0.4) is 0 Å². The van der Waals surface area contributed by atoms with E-state index in [1.54, 1.807) is 6.92 Å². The molecule has 4 aliphatic carbocycles. The summed E-state index contributed by atoms with van der Waals surface area (Å²) in [5, 5.41) is 22.9. The maximum Gasteiger partial charge on any atom is 0.302 e. The number of Topliss-reactive ketones (excluding diaryl/α,β-unsaturated/α-hetero) is 1. The summed E-state index contributed by atoms with van der Waals surface area (Å²) in [5.41, 5.74) is -2.33. The predicted octanol–water partition coefficient (Wildman–Crippen LogP) is 2.26. The Kier molecular flexibility index (Phi) is 5.14. The van der Waals surface area contributed by atoms with Gasteiger partial charge in [-0.1, -0.05) is 27.7 Å². The van der Waals surface area contributed by atoms with Crippen molar-refractivity contribution in [3.63, 3.8) is 0 Å². The highest BCUT2D eigenvalue weighted by Gasteiger charge is 2.78. The summed E-state index contributed by atoms with van der Waals surface area (Å²) < 4.78 is 11.7. The average molecular weight is 437 g/mol. The molecule has 2 N–H and O–H groups in total.